The molecule has 4 aliphatic heterocycles. The molecule has 14 nitrogen and oxygen atoms in total. The number of nitrogens with zero attached hydrogens (tertiary/aromatic N) is 3. The van der Waals surface area contributed by atoms with Gasteiger partial charge in [-0.1, -0.05) is 50.0 Å². The lowest BCUT2D eigenvalue weighted by atomic mass is 10.0. The zero-order valence-electron chi connectivity index (χ0n) is 32.1. The minimum Gasteiger partial charge on any atom is -0.491 e. The monoisotopic (exact) mass is 773 g/mol. The molecule has 3 N–H and O–H groups in total. The first-order valence-electron chi connectivity index (χ1n) is 20.8. The van der Waals surface area contributed by atoms with Crippen molar-refractivity contribution in [1.29, 1.82) is 0 Å². The summed E-state index contributed by atoms with van der Waals surface area (Å²) in [4.78, 5) is 63.5. The fourth-order valence-corrected chi connectivity index (χ4v) is 8.96. The fourth-order valence-electron chi connectivity index (χ4n) is 8.96. The maximum atomic E-state index is 14.6. The van der Waals surface area contributed by atoms with E-state index < -0.39 is 47.6 Å². The Kier molecular flexibility index (Phi) is 11.7. The van der Waals surface area contributed by atoms with Gasteiger partial charge in [-0.2, -0.15) is 0 Å². The van der Waals surface area contributed by atoms with Crippen LogP contribution in [0, 0.1) is 11.8 Å². The lowest BCUT2D eigenvalue weighted by molar-refractivity contribution is -0.145. The summed E-state index contributed by atoms with van der Waals surface area (Å²) < 4.78 is 24.8. The maximum absolute atomic E-state index is 14.6. The van der Waals surface area contributed by atoms with Gasteiger partial charge in [0.15, 0.2) is 0 Å². The van der Waals surface area contributed by atoms with Gasteiger partial charge in [0.25, 0.3) is 0 Å². The number of benzene rings is 1. The fraction of sp³-hybridized carbons (Fsp3) is 0.643. The molecule has 1 aromatic carbocycles. The number of rotatable bonds is 5. The van der Waals surface area contributed by atoms with Crippen LogP contribution in [0.2, 0.25) is 0 Å². The Balaban J connectivity index is 1.13. The molecule has 6 aliphatic rings. The normalized spacial score (nSPS) is 32.4. The van der Waals surface area contributed by atoms with E-state index in [1.54, 1.807) is 0 Å². The summed E-state index contributed by atoms with van der Waals surface area (Å²) >= 11 is 0. The highest BCUT2D eigenvalue weighted by Gasteiger charge is 2.61. The van der Waals surface area contributed by atoms with Crippen molar-refractivity contribution in [2.24, 2.45) is 11.8 Å². The second kappa shape index (κ2) is 17.0. The number of allylic oxidation sites excluding steroid dienone is 1. The number of hydrogen-bond donors (Lipinski definition) is 3. The van der Waals surface area contributed by atoms with Gasteiger partial charge in [-0.25, -0.2) is 14.6 Å². The molecular formula is C42H55N5O9. The van der Waals surface area contributed by atoms with Crippen molar-refractivity contribution >= 4 is 34.8 Å². The van der Waals surface area contributed by atoms with E-state index >= 15 is 0 Å². The quantitative estimate of drug-likeness (QED) is 0.369. The Labute approximate surface area is 327 Å². The Morgan fingerprint density at radius 2 is 1.82 bits per heavy atom. The van der Waals surface area contributed by atoms with Crippen LogP contribution in [0.3, 0.4) is 0 Å². The summed E-state index contributed by atoms with van der Waals surface area (Å²) in [5.41, 5.74) is 0.147. The van der Waals surface area contributed by atoms with E-state index in [9.17, 15) is 24.3 Å². The molecule has 14 heteroatoms. The van der Waals surface area contributed by atoms with Crippen LogP contribution in [0.15, 0.2) is 36.4 Å². The van der Waals surface area contributed by atoms with Crippen molar-refractivity contribution in [3.05, 3.63) is 42.0 Å². The molecule has 56 heavy (non-hydrogen) atoms. The van der Waals surface area contributed by atoms with Crippen LogP contribution in [0.4, 0.5) is 4.79 Å². The number of carboxylic acids is 1. The van der Waals surface area contributed by atoms with Crippen molar-refractivity contribution in [1.82, 2.24) is 25.4 Å². The average Bonchev–Trinajstić information content (AvgIpc) is 4.06. The summed E-state index contributed by atoms with van der Waals surface area (Å²) in [7, 11) is 0. The van der Waals surface area contributed by atoms with Crippen molar-refractivity contribution in [3.63, 3.8) is 0 Å². The molecule has 2 aromatic rings. The molecule has 7 atom stereocenters. The largest absolute Gasteiger partial charge is 0.491 e. The molecule has 4 fully saturated rings. The van der Waals surface area contributed by atoms with Gasteiger partial charge in [-0.05, 0) is 69.4 Å². The van der Waals surface area contributed by atoms with Gasteiger partial charge in [0, 0.05) is 37.4 Å². The molecule has 5 heterocycles. The lowest BCUT2D eigenvalue weighted by Gasteiger charge is -2.29. The standard InChI is InChI=1S/C42H55N5O9/c48-37-34-24-29-26-47(34)39(49)33(16-8-3-1-2-6-12-28-25-42(28,45-37)40(50)51)44-41(52)56-35-23-27(35)11-5-4-7-14-31-36(54-22-19-46-17-20-53-21-18-46)30-13-9-10-15-32(30)43-38(31)55-29/h6,9-10,12-13,15,27-29,33-35H,1-5,7-8,11,14,16-26H2,(H,44,52)(H,45,48)(H,50,51)/b12-6-/t27-,28-,29+,33+,34-,35-,42-/m1/s1. The van der Waals surface area contributed by atoms with E-state index in [0.29, 0.717) is 45.0 Å². The number of carbonyl (C=O) groups is 4. The molecule has 2 aliphatic carbocycles. The molecular weight excluding hydrogens is 718 g/mol. The zero-order chi connectivity index (χ0) is 38.6. The highest BCUT2D eigenvalue weighted by atomic mass is 16.6. The highest BCUT2D eigenvalue weighted by molar-refractivity contribution is 5.96. The van der Waals surface area contributed by atoms with Crippen LogP contribution in [-0.2, 0) is 30.3 Å². The minimum atomic E-state index is -1.43. The Morgan fingerprint density at radius 1 is 1.00 bits per heavy atom. The Morgan fingerprint density at radius 3 is 2.68 bits per heavy atom. The number of para-hydroxylation sites is 1. The molecule has 8 rings (SSSR count). The van der Waals surface area contributed by atoms with Crippen LogP contribution in [0.1, 0.15) is 82.6 Å². The third-order valence-corrected chi connectivity index (χ3v) is 12.5. The maximum Gasteiger partial charge on any atom is 0.408 e. The molecule has 0 spiro atoms. The van der Waals surface area contributed by atoms with E-state index in [0.717, 1.165) is 93.2 Å². The summed E-state index contributed by atoms with van der Waals surface area (Å²) in [5, 5.41) is 16.9. The number of morpholine rings is 1. The average molecular weight is 774 g/mol. The molecule has 3 amide bonds. The smallest absolute Gasteiger partial charge is 0.408 e. The van der Waals surface area contributed by atoms with Gasteiger partial charge in [-0.3, -0.25) is 14.5 Å². The molecule has 1 aromatic heterocycles. The van der Waals surface area contributed by atoms with Gasteiger partial charge >= 0.3 is 12.1 Å². The van der Waals surface area contributed by atoms with E-state index in [1.165, 1.54) is 4.90 Å². The van der Waals surface area contributed by atoms with Crippen molar-refractivity contribution in [2.45, 2.75) is 113 Å². The first-order valence-corrected chi connectivity index (χ1v) is 20.8. The summed E-state index contributed by atoms with van der Waals surface area (Å²) in [5.74, 6) is -0.953. The number of amides is 3. The number of fused-ring (bicyclic) bond motifs is 6. The lowest BCUT2D eigenvalue weighted by Crippen LogP contribution is -2.56. The second-order valence-electron chi connectivity index (χ2n) is 16.4. The van der Waals surface area contributed by atoms with Crippen molar-refractivity contribution in [2.75, 3.05) is 46.0 Å². The van der Waals surface area contributed by atoms with Crippen molar-refractivity contribution in [3.8, 4) is 11.6 Å². The minimum absolute atomic E-state index is 0.0550. The number of aromatic nitrogens is 1. The molecule has 0 radical (unpaired) electrons. The number of carbonyl (C=O) groups excluding carboxylic acids is 3. The second-order valence-corrected chi connectivity index (χ2v) is 16.4. The van der Waals surface area contributed by atoms with Crippen LogP contribution in [-0.4, -0.2) is 120 Å². The Hall–Kier alpha value is -4.43. The van der Waals surface area contributed by atoms with Crippen LogP contribution in [0.25, 0.3) is 10.9 Å². The third kappa shape index (κ3) is 8.61. The number of alkyl carbamates (subject to hydrolysis) is 1. The van der Waals surface area contributed by atoms with E-state index in [4.69, 9.17) is 23.9 Å². The number of pyridine rings is 1. The number of hydrogen-bond acceptors (Lipinski definition) is 10. The van der Waals surface area contributed by atoms with Crippen molar-refractivity contribution < 1.29 is 43.2 Å². The third-order valence-electron chi connectivity index (χ3n) is 12.5. The first-order chi connectivity index (χ1) is 27.3. The summed E-state index contributed by atoms with van der Waals surface area (Å²) in [6.07, 6.45) is 11.6. The predicted molar refractivity (Wildman–Crippen MR) is 205 cm³/mol. The van der Waals surface area contributed by atoms with E-state index in [-0.39, 0.29) is 37.3 Å². The van der Waals surface area contributed by atoms with Gasteiger partial charge in [0.05, 0.1) is 30.8 Å². The van der Waals surface area contributed by atoms with Gasteiger partial charge in [0.1, 0.15) is 42.2 Å². The van der Waals surface area contributed by atoms with Crippen LogP contribution in [0.5, 0.6) is 11.6 Å². The number of aliphatic carboxylic acids is 1. The topological polar surface area (TPSA) is 169 Å². The summed E-state index contributed by atoms with van der Waals surface area (Å²) in [6, 6.07) is 5.92. The first kappa shape index (κ1) is 38.4. The van der Waals surface area contributed by atoms with E-state index in [2.05, 4.69) is 15.5 Å². The number of ether oxygens (including phenoxy) is 4. The van der Waals surface area contributed by atoms with Gasteiger partial charge < -0.3 is 39.6 Å². The summed E-state index contributed by atoms with van der Waals surface area (Å²) in [6.45, 7) is 4.41. The SMILES string of the molecule is O=C1N[C@H]2CCCCC/C=C\[C@@H]3C[C@@]3(C(=O)O)NC(=O)[C@H]3C[C@@H](CN3C2=O)Oc2nc3ccccc3c(OCCN3CCOCC3)c2CCCCC[C@@H]2C[C@H]2O1. The van der Waals surface area contributed by atoms with Crippen LogP contribution < -0.4 is 20.1 Å². The molecule has 302 valence electrons. The molecule has 2 saturated carbocycles. The highest BCUT2D eigenvalue weighted by Crippen LogP contribution is 2.46. The Bertz CT molecular complexity index is 1820. The molecule has 2 saturated heterocycles. The molecule has 3 bridgehead atoms. The molecule has 0 unspecified atom stereocenters. The number of carboxylic acid groups (broad SMARTS) is 1. The van der Waals surface area contributed by atoms with Gasteiger partial charge in [-0.15, -0.1) is 0 Å². The van der Waals surface area contributed by atoms with Crippen LogP contribution >= 0.6 is 0 Å². The number of nitrogens with one attached hydrogen (secondary N) is 2. The van der Waals surface area contributed by atoms with Gasteiger partial charge in [0.2, 0.25) is 17.7 Å². The predicted octanol–water partition coefficient (Wildman–Crippen LogP) is 4.37. The zero-order valence-corrected chi connectivity index (χ0v) is 32.1. The van der Waals surface area contributed by atoms with E-state index in [1.807, 2.05) is 36.4 Å².